The number of rotatable bonds is 7. The molecule has 1 aromatic heterocycles. The van der Waals surface area contributed by atoms with E-state index in [2.05, 4.69) is 42.8 Å². The molecular weight excluding hydrogens is 284 g/mol. The SMILES string of the molecule is Cc1nnc(OCCN(C(C)C)C(C)C)c(C(N)=S)c1C. The largest absolute Gasteiger partial charge is 0.475 e. The first-order chi connectivity index (χ1) is 9.75. The van der Waals surface area contributed by atoms with Crippen molar-refractivity contribution in [1.29, 1.82) is 0 Å². The molecule has 0 spiro atoms. The lowest BCUT2D eigenvalue weighted by Crippen LogP contribution is -2.39. The van der Waals surface area contributed by atoms with Gasteiger partial charge in [-0.1, -0.05) is 12.2 Å². The predicted molar refractivity (Wildman–Crippen MR) is 89.9 cm³/mol. The number of nitrogens with two attached hydrogens (primary N) is 1. The molecule has 0 aliphatic carbocycles. The van der Waals surface area contributed by atoms with Crippen LogP contribution < -0.4 is 10.5 Å². The molecule has 0 saturated carbocycles. The Morgan fingerprint density at radius 1 is 1.19 bits per heavy atom. The zero-order valence-electron chi connectivity index (χ0n) is 13.8. The highest BCUT2D eigenvalue weighted by molar-refractivity contribution is 7.80. The molecule has 0 bridgehead atoms. The van der Waals surface area contributed by atoms with Crippen LogP contribution in [0.15, 0.2) is 0 Å². The van der Waals surface area contributed by atoms with Crippen LogP contribution in [0.3, 0.4) is 0 Å². The Hall–Kier alpha value is -1.27. The third-order valence-corrected chi connectivity index (χ3v) is 3.79. The zero-order valence-corrected chi connectivity index (χ0v) is 14.6. The molecule has 1 heterocycles. The van der Waals surface area contributed by atoms with E-state index >= 15 is 0 Å². The summed E-state index contributed by atoms with van der Waals surface area (Å²) < 4.78 is 5.78. The lowest BCUT2D eigenvalue weighted by Gasteiger charge is -2.30. The van der Waals surface area contributed by atoms with Crippen molar-refractivity contribution in [2.75, 3.05) is 13.2 Å². The number of nitrogens with zero attached hydrogens (tertiary/aromatic N) is 3. The molecular formula is C15H26N4OS. The fraction of sp³-hybridized carbons (Fsp3) is 0.667. The Morgan fingerprint density at radius 2 is 1.76 bits per heavy atom. The first-order valence-corrected chi connectivity index (χ1v) is 7.68. The van der Waals surface area contributed by atoms with Crippen molar-refractivity contribution in [2.24, 2.45) is 5.73 Å². The highest BCUT2D eigenvalue weighted by Crippen LogP contribution is 2.20. The van der Waals surface area contributed by atoms with Gasteiger partial charge in [-0.15, -0.1) is 5.10 Å². The Bertz CT molecular complexity index is 495. The van der Waals surface area contributed by atoms with Gasteiger partial charge in [0.05, 0.1) is 11.3 Å². The Morgan fingerprint density at radius 3 is 2.24 bits per heavy atom. The number of hydrogen-bond acceptors (Lipinski definition) is 5. The molecule has 0 aliphatic rings. The molecule has 1 rings (SSSR count). The third kappa shape index (κ3) is 4.61. The maximum absolute atomic E-state index is 5.79. The lowest BCUT2D eigenvalue weighted by atomic mass is 10.1. The molecule has 0 saturated heterocycles. The van der Waals surface area contributed by atoms with Crippen molar-refractivity contribution in [2.45, 2.75) is 53.6 Å². The van der Waals surface area contributed by atoms with Gasteiger partial charge in [-0.05, 0) is 47.1 Å². The van der Waals surface area contributed by atoms with E-state index in [1.165, 1.54) is 0 Å². The molecule has 6 heteroatoms. The fourth-order valence-electron chi connectivity index (χ4n) is 2.34. The second-order valence-corrected chi connectivity index (χ2v) is 6.17. The summed E-state index contributed by atoms with van der Waals surface area (Å²) in [5.41, 5.74) is 8.22. The molecule has 21 heavy (non-hydrogen) atoms. The fourth-order valence-corrected chi connectivity index (χ4v) is 2.58. The second kappa shape index (κ2) is 7.66. The quantitative estimate of drug-likeness (QED) is 0.779. The summed E-state index contributed by atoms with van der Waals surface area (Å²) in [5, 5.41) is 8.17. The summed E-state index contributed by atoms with van der Waals surface area (Å²) in [5.74, 6) is 0.429. The van der Waals surface area contributed by atoms with Crippen molar-refractivity contribution < 1.29 is 4.74 Å². The molecule has 0 atom stereocenters. The maximum Gasteiger partial charge on any atom is 0.244 e. The van der Waals surface area contributed by atoms with Gasteiger partial charge in [0.2, 0.25) is 5.88 Å². The van der Waals surface area contributed by atoms with Gasteiger partial charge in [0.25, 0.3) is 0 Å². The molecule has 2 N–H and O–H groups in total. The average molecular weight is 310 g/mol. The van der Waals surface area contributed by atoms with Crippen molar-refractivity contribution >= 4 is 17.2 Å². The third-order valence-electron chi connectivity index (χ3n) is 3.58. The van der Waals surface area contributed by atoms with Gasteiger partial charge in [0.15, 0.2) is 0 Å². The molecule has 118 valence electrons. The van der Waals surface area contributed by atoms with Gasteiger partial charge in [-0.2, -0.15) is 5.10 Å². The number of aryl methyl sites for hydroxylation is 1. The van der Waals surface area contributed by atoms with E-state index in [1.807, 2.05) is 13.8 Å². The van der Waals surface area contributed by atoms with Gasteiger partial charge in [-0.3, -0.25) is 4.90 Å². The summed E-state index contributed by atoms with van der Waals surface area (Å²) in [6.07, 6.45) is 0. The van der Waals surface area contributed by atoms with Crippen LogP contribution in [0.1, 0.15) is 44.5 Å². The van der Waals surface area contributed by atoms with Gasteiger partial charge < -0.3 is 10.5 Å². The van der Waals surface area contributed by atoms with Crippen LogP contribution in [0.4, 0.5) is 0 Å². The topological polar surface area (TPSA) is 64.3 Å². The number of aromatic nitrogens is 2. The van der Waals surface area contributed by atoms with Crippen LogP contribution in [-0.2, 0) is 0 Å². The first kappa shape index (κ1) is 17.8. The summed E-state index contributed by atoms with van der Waals surface area (Å²) in [6.45, 7) is 13.9. The highest BCUT2D eigenvalue weighted by atomic mass is 32.1. The van der Waals surface area contributed by atoms with Crippen LogP contribution in [-0.4, -0.2) is 45.3 Å². The Labute approximate surface area is 132 Å². The minimum Gasteiger partial charge on any atom is -0.475 e. The molecule has 0 radical (unpaired) electrons. The number of thiocarbonyl (C=S) groups is 1. The van der Waals surface area contributed by atoms with E-state index in [1.54, 1.807) is 0 Å². The van der Waals surface area contributed by atoms with Crippen LogP contribution in [0.2, 0.25) is 0 Å². The van der Waals surface area contributed by atoms with Crippen LogP contribution in [0, 0.1) is 13.8 Å². The minimum atomic E-state index is 0.296. The van der Waals surface area contributed by atoms with E-state index in [4.69, 9.17) is 22.7 Å². The molecule has 5 nitrogen and oxygen atoms in total. The first-order valence-electron chi connectivity index (χ1n) is 7.27. The maximum atomic E-state index is 5.79. The van der Waals surface area contributed by atoms with E-state index in [-0.39, 0.29) is 0 Å². The van der Waals surface area contributed by atoms with E-state index in [0.717, 1.165) is 17.8 Å². The molecule has 0 aliphatic heterocycles. The Kier molecular flexibility index (Phi) is 6.48. The number of hydrogen-bond donors (Lipinski definition) is 1. The van der Waals surface area contributed by atoms with Gasteiger partial charge in [0, 0.05) is 18.6 Å². The van der Waals surface area contributed by atoms with Crippen molar-refractivity contribution in [3.8, 4) is 5.88 Å². The number of ether oxygens (including phenoxy) is 1. The lowest BCUT2D eigenvalue weighted by molar-refractivity contribution is 0.139. The standard InChI is InChI=1S/C15H26N4OS/c1-9(2)19(10(3)4)7-8-20-15-13(14(16)21)11(5)12(6)17-18-15/h9-10H,7-8H2,1-6H3,(H2,16,21). The molecule has 1 aromatic rings. The average Bonchev–Trinajstić information content (AvgIpc) is 2.37. The van der Waals surface area contributed by atoms with Crippen LogP contribution in [0.5, 0.6) is 5.88 Å². The normalized spacial score (nSPS) is 11.5. The van der Waals surface area contributed by atoms with Gasteiger partial charge >= 0.3 is 0 Å². The molecule has 0 unspecified atom stereocenters. The molecule has 0 aromatic carbocycles. The van der Waals surface area contributed by atoms with E-state index in [0.29, 0.717) is 35.1 Å². The van der Waals surface area contributed by atoms with Crippen LogP contribution >= 0.6 is 12.2 Å². The smallest absolute Gasteiger partial charge is 0.244 e. The van der Waals surface area contributed by atoms with Crippen molar-refractivity contribution in [1.82, 2.24) is 15.1 Å². The van der Waals surface area contributed by atoms with Crippen molar-refractivity contribution in [3.63, 3.8) is 0 Å². The van der Waals surface area contributed by atoms with Gasteiger partial charge in [0.1, 0.15) is 11.6 Å². The zero-order chi connectivity index (χ0) is 16.2. The summed E-state index contributed by atoms with van der Waals surface area (Å²) in [6, 6.07) is 0.934. The Balaban J connectivity index is 2.81. The molecule has 0 fully saturated rings. The monoisotopic (exact) mass is 310 g/mol. The summed E-state index contributed by atoms with van der Waals surface area (Å²) in [7, 11) is 0. The summed E-state index contributed by atoms with van der Waals surface area (Å²) in [4.78, 5) is 2.65. The second-order valence-electron chi connectivity index (χ2n) is 5.73. The minimum absolute atomic E-state index is 0.296. The van der Waals surface area contributed by atoms with Crippen LogP contribution in [0.25, 0.3) is 0 Å². The van der Waals surface area contributed by atoms with E-state index in [9.17, 15) is 0 Å². The van der Waals surface area contributed by atoms with Crippen molar-refractivity contribution in [3.05, 3.63) is 16.8 Å². The van der Waals surface area contributed by atoms with Gasteiger partial charge in [-0.25, -0.2) is 0 Å². The predicted octanol–water partition coefficient (Wildman–Crippen LogP) is 2.23. The van der Waals surface area contributed by atoms with E-state index < -0.39 is 0 Å². The summed E-state index contributed by atoms with van der Waals surface area (Å²) >= 11 is 5.10. The molecule has 0 amide bonds. The highest BCUT2D eigenvalue weighted by Gasteiger charge is 2.17.